The van der Waals surface area contributed by atoms with Crippen molar-refractivity contribution >= 4 is 29.7 Å². The molecule has 0 atom stereocenters. The van der Waals surface area contributed by atoms with Crippen LogP contribution in [0.4, 0.5) is 0 Å². The van der Waals surface area contributed by atoms with E-state index in [0.717, 1.165) is 5.56 Å². The lowest BCUT2D eigenvalue weighted by atomic mass is 10.1. The average Bonchev–Trinajstić information content (AvgIpc) is 3.22. The van der Waals surface area contributed by atoms with E-state index < -0.39 is 5.91 Å². The van der Waals surface area contributed by atoms with E-state index >= 15 is 0 Å². The molecule has 0 saturated heterocycles. The summed E-state index contributed by atoms with van der Waals surface area (Å²) in [7, 11) is 0. The number of rotatable bonds is 8. The van der Waals surface area contributed by atoms with E-state index in [0.29, 0.717) is 34.5 Å². The molecule has 0 aliphatic heterocycles. The third-order valence-corrected chi connectivity index (χ3v) is 4.12. The van der Waals surface area contributed by atoms with Gasteiger partial charge >= 0.3 is 5.97 Å². The van der Waals surface area contributed by atoms with Gasteiger partial charge in [-0.05, 0) is 55.5 Å². The third kappa shape index (κ3) is 5.96. The summed E-state index contributed by atoms with van der Waals surface area (Å²) in [6.45, 7) is 1.90. The van der Waals surface area contributed by atoms with Crippen LogP contribution in [0.5, 0.6) is 5.75 Å². The Balaban J connectivity index is 1.51. The van der Waals surface area contributed by atoms with Crippen LogP contribution in [-0.2, 0) is 9.53 Å². The highest BCUT2D eigenvalue weighted by Crippen LogP contribution is 2.22. The fourth-order valence-electron chi connectivity index (χ4n) is 2.44. The van der Waals surface area contributed by atoms with Crippen molar-refractivity contribution in [2.24, 2.45) is 5.10 Å². The molecule has 0 radical (unpaired) electrons. The first-order valence-corrected chi connectivity index (χ1v) is 9.50. The Labute approximate surface area is 178 Å². The summed E-state index contributed by atoms with van der Waals surface area (Å²) in [6, 6.07) is 17.0. The minimum atomic E-state index is -0.414. The van der Waals surface area contributed by atoms with Gasteiger partial charge in [-0.25, -0.2) is 10.2 Å². The molecule has 30 heavy (non-hydrogen) atoms. The number of ether oxygens (including phenoxy) is 2. The Kier molecular flexibility index (Phi) is 7.24. The first-order chi connectivity index (χ1) is 14.5. The molecule has 1 N–H and O–H groups in total. The smallest absolute Gasteiger partial charge is 0.338 e. The largest absolute Gasteiger partial charge is 0.484 e. The summed E-state index contributed by atoms with van der Waals surface area (Å²) in [5.74, 6) is 0.806. The maximum Gasteiger partial charge on any atom is 0.338 e. The van der Waals surface area contributed by atoms with Gasteiger partial charge in [-0.1, -0.05) is 23.7 Å². The number of nitrogens with zero attached hydrogens (tertiary/aromatic N) is 1. The molecule has 154 valence electrons. The Hall–Kier alpha value is -3.58. The van der Waals surface area contributed by atoms with Gasteiger partial charge in [0.2, 0.25) is 0 Å². The summed E-state index contributed by atoms with van der Waals surface area (Å²) in [4.78, 5) is 23.5. The molecule has 0 fully saturated rings. The van der Waals surface area contributed by atoms with E-state index in [9.17, 15) is 9.59 Å². The van der Waals surface area contributed by atoms with Gasteiger partial charge in [0.1, 0.15) is 17.3 Å². The first kappa shape index (κ1) is 21.1. The minimum absolute atomic E-state index is 0.185. The van der Waals surface area contributed by atoms with E-state index in [1.807, 2.05) is 0 Å². The molecule has 3 aromatic rings. The van der Waals surface area contributed by atoms with Crippen molar-refractivity contribution in [2.45, 2.75) is 6.92 Å². The lowest BCUT2D eigenvalue weighted by Crippen LogP contribution is -2.24. The second-order valence-corrected chi connectivity index (χ2v) is 6.47. The van der Waals surface area contributed by atoms with Crippen LogP contribution in [0.3, 0.4) is 0 Å². The highest BCUT2D eigenvalue weighted by atomic mass is 35.5. The number of hydrogen-bond acceptors (Lipinski definition) is 6. The predicted octanol–water partition coefficient (Wildman–Crippen LogP) is 4.31. The summed E-state index contributed by atoms with van der Waals surface area (Å²) in [5, 5.41) is 4.44. The molecule has 7 nitrogen and oxygen atoms in total. The van der Waals surface area contributed by atoms with Gasteiger partial charge in [-0.3, -0.25) is 4.79 Å². The van der Waals surface area contributed by atoms with E-state index in [2.05, 4.69) is 10.5 Å². The Morgan fingerprint density at radius 1 is 1.07 bits per heavy atom. The Morgan fingerprint density at radius 3 is 2.50 bits per heavy atom. The molecule has 0 aliphatic rings. The van der Waals surface area contributed by atoms with Crippen molar-refractivity contribution < 1.29 is 23.5 Å². The fourth-order valence-corrected chi connectivity index (χ4v) is 2.57. The van der Waals surface area contributed by atoms with Crippen molar-refractivity contribution in [3.05, 3.63) is 77.0 Å². The Morgan fingerprint density at radius 2 is 1.80 bits per heavy atom. The molecular formula is C22H19ClN2O5. The molecule has 0 aliphatic carbocycles. The van der Waals surface area contributed by atoms with Crippen LogP contribution in [0, 0.1) is 0 Å². The molecule has 1 amide bonds. The number of carbonyl (C=O) groups is 2. The minimum Gasteiger partial charge on any atom is -0.484 e. The highest BCUT2D eigenvalue weighted by Gasteiger charge is 2.08. The number of hydrazone groups is 1. The number of benzene rings is 2. The summed E-state index contributed by atoms with van der Waals surface area (Å²) < 4.78 is 16.0. The maximum absolute atomic E-state index is 11.8. The van der Waals surface area contributed by atoms with Gasteiger partial charge in [-0.2, -0.15) is 5.10 Å². The van der Waals surface area contributed by atoms with Crippen LogP contribution >= 0.6 is 11.6 Å². The second-order valence-electron chi connectivity index (χ2n) is 6.04. The van der Waals surface area contributed by atoms with Crippen LogP contribution in [0.25, 0.3) is 11.3 Å². The number of esters is 1. The van der Waals surface area contributed by atoms with Gasteiger partial charge in [0.15, 0.2) is 6.61 Å². The lowest BCUT2D eigenvalue weighted by molar-refractivity contribution is -0.123. The molecule has 3 rings (SSSR count). The lowest BCUT2D eigenvalue weighted by Gasteiger charge is -2.04. The van der Waals surface area contributed by atoms with Gasteiger partial charge in [0.05, 0.1) is 18.4 Å². The summed E-state index contributed by atoms with van der Waals surface area (Å²) in [6.07, 6.45) is 1.39. The molecule has 2 aromatic carbocycles. The average molecular weight is 427 g/mol. The topological polar surface area (TPSA) is 90.1 Å². The van der Waals surface area contributed by atoms with Crippen molar-refractivity contribution in [1.82, 2.24) is 5.43 Å². The molecule has 0 spiro atoms. The van der Waals surface area contributed by atoms with Crippen LogP contribution in [-0.4, -0.2) is 31.3 Å². The van der Waals surface area contributed by atoms with E-state index in [1.54, 1.807) is 67.6 Å². The maximum atomic E-state index is 11.8. The number of amides is 1. The zero-order chi connectivity index (χ0) is 21.3. The van der Waals surface area contributed by atoms with Crippen LogP contribution in [0.1, 0.15) is 23.0 Å². The zero-order valence-corrected chi connectivity index (χ0v) is 16.9. The van der Waals surface area contributed by atoms with Crippen LogP contribution in [0.2, 0.25) is 5.02 Å². The number of nitrogens with one attached hydrogen (secondary N) is 1. The molecule has 0 unspecified atom stereocenters. The number of carbonyl (C=O) groups excluding carboxylic acids is 2. The molecule has 1 aromatic heterocycles. The Bertz CT molecular complexity index is 1030. The number of furan rings is 1. The predicted molar refractivity (Wildman–Crippen MR) is 113 cm³/mol. The highest BCUT2D eigenvalue weighted by molar-refractivity contribution is 6.30. The van der Waals surface area contributed by atoms with Crippen molar-refractivity contribution in [2.75, 3.05) is 13.2 Å². The summed E-state index contributed by atoms with van der Waals surface area (Å²) in [5.41, 5.74) is 3.63. The SMILES string of the molecule is CCOC(=O)c1ccc(-c2ccc(C=NNC(=O)COc3ccc(Cl)cc3)o2)cc1. The van der Waals surface area contributed by atoms with Crippen molar-refractivity contribution in [3.8, 4) is 17.1 Å². The van der Waals surface area contributed by atoms with Gasteiger partial charge in [0.25, 0.3) is 5.91 Å². The van der Waals surface area contributed by atoms with Gasteiger partial charge in [0, 0.05) is 10.6 Å². The second kappa shape index (κ2) is 10.3. The number of halogens is 1. The van der Waals surface area contributed by atoms with E-state index in [-0.39, 0.29) is 12.6 Å². The van der Waals surface area contributed by atoms with Gasteiger partial charge < -0.3 is 13.9 Å². The molecule has 0 saturated carbocycles. The normalized spacial score (nSPS) is 10.7. The van der Waals surface area contributed by atoms with Crippen molar-refractivity contribution in [1.29, 1.82) is 0 Å². The fraction of sp³-hybridized carbons (Fsp3) is 0.136. The zero-order valence-electron chi connectivity index (χ0n) is 16.1. The van der Waals surface area contributed by atoms with E-state index in [1.165, 1.54) is 6.21 Å². The monoisotopic (exact) mass is 426 g/mol. The van der Waals surface area contributed by atoms with Crippen molar-refractivity contribution in [3.63, 3.8) is 0 Å². The number of hydrogen-bond donors (Lipinski definition) is 1. The molecule has 0 bridgehead atoms. The standard InChI is InChI=1S/C22H19ClN2O5/c1-2-28-22(27)16-5-3-15(4-6-16)20-12-11-19(30-20)13-24-25-21(26)14-29-18-9-7-17(23)8-10-18/h3-13H,2,14H2,1H3,(H,25,26). The molecule has 8 heteroatoms. The van der Waals surface area contributed by atoms with Crippen LogP contribution < -0.4 is 10.2 Å². The van der Waals surface area contributed by atoms with E-state index in [4.69, 9.17) is 25.5 Å². The molecule has 1 heterocycles. The van der Waals surface area contributed by atoms with Crippen LogP contribution in [0.15, 0.2) is 70.2 Å². The quantitative estimate of drug-likeness (QED) is 0.329. The third-order valence-electron chi connectivity index (χ3n) is 3.87. The summed E-state index contributed by atoms with van der Waals surface area (Å²) >= 11 is 5.79. The molecular weight excluding hydrogens is 408 g/mol. The van der Waals surface area contributed by atoms with Gasteiger partial charge in [-0.15, -0.1) is 0 Å². The first-order valence-electron chi connectivity index (χ1n) is 9.13.